The standard InChI is InChI=1S/C17H16BrN3/c1-10-8-13(5-7-15(10)18)21-16-9-12(3)20-17-14(16)6-4-11(2)19-17/h4-9H,1-3H3,(H,19,20,21). The van der Waals surface area contributed by atoms with Gasteiger partial charge in [-0.05, 0) is 62.7 Å². The fourth-order valence-corrected chi connectivity index (χ4v) is 2.55. The molecule has 0 aliphatic carbocycles. The Bertz CT molecular complexity index is 822. The van der Waals surface area contributed by atoms with Crippen molar-refractivity contribution in [3.8, 4) is 0 Å². The number of pyridine rings is 2. The maximum atomic E-state index is 4.51. The van der Waals surface area contributed by atoms with E-state index in [2.05, 4.69) is 68.5 Å². The molecule has 0 saturated heterocycles. The SMILES string of the molecule is Cc1ccc2c(Nc3ccc(Br)c(C)c3)cc(C)nc2n1. The summed E-state index contributed by atoms with van der Waals surface area (Å²) < 4.78 is 1.11. The van der Waals surface area contributed by atoms with Gasteiger partial charge in [0.2, 0.25) is 0 Å². The van der Waals surface area contributed by atoms with Crippen molar-refractivity contribution in [2.45, 2.75) is 20.8 Å². The lowest BCUT2D eigenvalue weighted by Crippen LogP contribution is -1.97. The molecule has 21 heavy (non-hydrogen) atoms. The molecule has 0 bridgehead atoms. The minimum absolute atomic E-state index is 0.784. The van der Waals surface area contributed by atoms with Crippen molar-refractivity contribution in [2.24, 2.45) is 0 Å². The Morgan fingerprint density at radius 1 is 0.905 bits per heavy atom. The van der Waals surface area contributed by atoms with Gasteiger partial charge in [0.15, 0.2) is 5.65 Å². The molecule has 0 unspecified atom stereocenters. The van der Waals surface area contributed by atoms with E-state index in [1.54, 1.807) is 0 Å². The summed E-state index contributed by atoms with van der Waals surface area (Å²) in [4.78, 5) is 9.02. The molecule has 3 aromatic rings. The van der Waals surface area contributed by atoms with E-state index < -0.39 is 0 Å². The van der Waals surface area contributed by atoms with Crippen LogP contribution in [0.5, 0.6) is 0 Å². The van der Waals surface area contributed by atoms with Crippen LogP contribution in [0.25, 0.3) is 11.0 Å². The smallest absolute Gasteiger partial charge is 0.161 e. The third kappa shape index (κ3) is 2.90. The highest BCUT2D eigenvalue weighted by molar-refractivity contribution is 9.10. The van der Waals surface area contributed by atoms with Gasteiger partial charge < -0.3 is 5.32 Å². The van der Waals surface area contributed by atoms with Crippen LogP contribution < -0.4 is 5.32 Å². The Hall–Kier alpha value is -1.94. The second-order valence-electron chi connectivity index (χ2n) is 5.22. The molecular formula is C17H16BrN3. The molecule has 106 valence electrons. The highest BCUT2D eigenvalue weighted by atomic mass is 79.9. The summed E-state index contributed by atoms with van der Waals surface area (Å²) in [7, 11) is 0. The molecule has 1 N–H and O–H groups in total. The maximum absolute atomic E-state index is 4.51. The molecule has 0 aliphatic heterocycles. The number of rotatable bonds is 2. The summed E-state index contributed by atoms with van der Waals surface area (Å²) in [5.74, 6) is 0. The van der Waals surface area contributed by atoms with Crippen molar-refractivity contribution in [3.63, 3.8) is 0 Å². The number of hydrogen-bond donors (Lipinski definition) is 1. The van der Waals surface area contributed by atoms with Gasteiger partial charge in [0.1, 0.15) is 0 Å². The van der Waals surface area contributed by atoms with Gasteiger partial charge in [-0.15, -0.1) is 0 Å². The largest absolute Gasteiger partial charge is 0.355 e. The van der Waals surface area contributed by atoms with Crippen LogP contribution in [0.4, 0.5) is 11.4 Å². The lowest BCUT2D eigenvalue weighted by atomic mass is 10.1. The van der Waals surface area contributed by atoms with Gasteiger partial charge in [-0.3, -0.25) is 0 Å². The van der Waals surface area contributed by atoms with Gasteiger partial charge in [-0.25, -0.2) is 9.97 Å². The summed E-state index contributed by atoms with van der Waals surface area (Å²) in [6, 6.07) is 12.4. The van der Waals surface area contributed by atoms with Crippen molar-refractivity contribution in [1.82, 2.24) is 9.97 Å². The summed E-state index contributed by atoms with van der Waals surface area (Å²) >= 11 is 3.53. The molecule has 3 nitrogen and oxygen atoms in total. The van der Waals surface area contributed by atoms with E-state index in [0.717, 1.165) is 38.3 Å². The van der Waals surface area contributed by atoms with E-state index >= 15 is 0 Å². The first-order valence-corrected chi connectivity index (χ1v) is 7.60. The van der Waals surface area contributed by atoms with Crippen LogP contribution in [-0.2, 0) is 0 Å². The monoisotopic (exact) mass is 341 g/mol. The Balaban J connectivity index is 2.09. The van der Waals surface area contributed by atoms with Gasteiger partial charge in [-0.1, -0.05) is 15.9 Å². The Labute approximate surface area is 132 Å². The van der Waals surface area contributed by atoms with E-state index in [1.807, 2.05) is 19.9 Å². The van der Waals surface area contributed by atoms with Gasteiger partial charge in [0, 0.05) is 26.9 Å². The molecule has 0 atom stereocenters. The number of halogens is 1. The lowest BCUT2D eigenvalue weighted by Gasteiger charge is -2.12. The van der Waals surface area contributed by atoms with Crippen molar-refractivity contribution in [1.29, 1.82) is 0 Å². The molecule has 0 saturated carbocycles. The van der Waals surface area contributed by atoms with E-state index in [-0.39, 0.29) is 0 Å². The number of nitrogens with zero attached hydrogens (tertiary/aromatic N) is 2. The number of aromatic nitrogens is 2. The zero-order valence-electron chi connectivity index (χ0n) is 12.2. The Morgan fingerprint density at radius 3 is 2.43 bits per heavy atom. The molecular weight excluding hydrogens is 326 g/mol. The van der Waals surface area contributed by atoms with Crippen molar-refractivity contribution in [2.75, 3.05) is 5.32 Å². The van der Waals surface area contributed by atoms with Crippen LogP contribution in [0, 0.1) is 20.8 Å². The quantitative estimate of drug-likeness (QED) is 0.707. The van der Waals surface area contributed by atoms with Crippen LogP contribution in [0.3, 0.4) is 0 Å². The normalized spacial score (nSPS) is 10.9. The fraction of sp³-hybridized carbons (Fsp3) is 0.176. The predicted octanol–water partition coefficient (Wildman–Crippen LogP) is 5.06. The van der Waals surface area contributed by atoms with Crippen LogP contribution in [-0.4, -0.2) is 9.97 Å². The van der Waals surface area contributed by atoms with Gasteiger partial charge in [-0.2, -0.15) is 0 Å². The summed E-state index contributed by atoms with van der Waals surface area (Å²) in [5, 5.41) is 4.51. The van der Waals surface area contributed by atoms with Gasteiger partial charge in [0.25, 0.3) is 0 Å². The molecule has 2 aromatic heterocycles. The van der Waals surface area contributed by atoms with Crippen LogP contribution in [0.1, 0.15) is 17.0 Å². The van der Waals surface area contributed by atoms with E-state index in [4.69, 9.17) is 0 Å². The van der Waals surface area contributed by atoms with Crippen LogP contribution >= 0.6 is 15.9 Å². The number of benzene rings is 1. The minimum atomic E-state index is 0.784. The van der Waals surface area contributed by atoms with E-state index in [0.29, 0.717) is 0 Å². The lowest BCUT2D eigenvalue weighted by molar-refractivity contribution is 1.16. The second-order valence-corrected chi connectivity index (χ2v) is 6.08. The minimum Gasteiger partial charge on any atom is -0.355 e. The average molecular weight is 342 g/mol. The zero-order chi connectivity index (χ0) is 15.0. The highest BCUT2D eigenvalue weighted by Crippen LogP contribution is 2.27. The van der Waals surface area contributed by atoms with Crippen LogP contribution in [0.2, 0.25) is 0 Å². The first-order valence-electron chi connectivity index (χ1n) is 6.81. The fourth-order valence-electron chi connectivity index (χ4n) is 2.31. The van der Waals surface area contributed by atoms with Crippen LogP contribution in [0.15, 0.2) is 40.9 Å². The van der Waals surface area contributed by atoms with Gasteiger partial charge >= 0.3 is 0 Å². The molecule has 0 radical (unpaired) electrons. The second kappa shape index (κ2) is 5.45. The number of fused-ring (bicyclic) bond motifs is 1. The van der Waals surface area contributed by atoms with E-state index in [1.165, 1.54) is 5.56 Å². The topological polar surface area (TPSA) is 37.8 Å². The number of hydrogen-bond acceptors (Lipinski definition) is 3. The molecule has 0 fully saturated rings. The van der Waals surface area contributed by atoms with E-state index in [9.17, 15) is 0 Å². The number of anilines is 2. The molecule has 0 aliphatic rings. The maximum Gasteiger partial charge on any atom is 0.161 e. The van der Waals surface area contributed by atoms with Crippen molar-refractivity contribution < 1.29 is 0 Å². The zero-order valence-corrected chi connectivity index (χ0v) is 13.8. The predicted molar refractivity (Wildman–Crippen MR) is 91.2 cm³/mol. The number of nitrogens with one attached hydrogen (secondary N) is 1. The summed E-state index contributed by atoms with van der Waals surface area (Å²) in [6.45, 7) is 6.05. The molecule has 4 heteroatoms. The number of aryl methyl sites for hydroxylation is 3. The Kier molecular flexibility index (Phi) is 3.64. The molecule has 1 aromatic carbocycles. The Morgan fingerprint density at radius 2 is 1.67 bits per heavy atom. The van der Waals surface area contributed by atoms with Crippen molar-refractivity contribution in [3.05, 3.63) is 57.8 Å². The molecule has 2 heterocycles. The molecule has 0 spiro atoms. The average Bonchev–Trinajstić information content (AvgIpc) is 2.42. The third-order valence-corrected chi connectivity index (χ3v) is 4.27. The third-order valence-electron chi connectivity index (χ3n) is 3.38. The molecule has 3 rings (SSSR count). The van der Waals surface area contributed by atoms with Crippen molar-refractivity contribution >= 4 is 38.3 Å². The van der Waals surface area contributed by atoms with Gasteiger partial charge in [0.05, 0.1) is 5.69 Å². The first kappa shape index (κ1) is 14.0. The summed E-state index contributed by atoms with van der Waals surface area (Å²) in [5.41, 5.74) is 6.01. The molecule has 0 amide bonds. The highest BCUT2D eigenvalue weighted by Gasteiger charge is 2.06. The first-order chi connectivity index (χ1) is 10.0. The summed E-state index contributed by atoms with van der Waals surface area (Å²) in [6.07, 6.45) is 0.